The molecule has 42 heavy (non-hydrogen) atoms. The number of ether oxygens (including phenoxy) is 1. The second-order valence-electron chi connectivity index (χ2n) is 9.47. The van der Waals surface area contributed by atoms with Gasteiger partial charge in [-0.1, -0.05) is 11.6 Å². The first-order chi connectivity index (χ1) is 20.4. The highest BCUT2D eigenvalue weighted by atomic mass is 35.5. The molecule has 10 nitrogen and oxygen atoms in total. The predicted molar refractivity (Wildman–Crippen MR) is 159 cm³/mol. The molecule has 2 heterocycles. The van der Waals surface area contributed by atoms with Crippen LogP contribution in [0.25, 0.3) is 0 Å². The van der Waals surface area contributed by atoms with Crippen molar-refractivity contribution < 1.29 is 19.1 Å². The molecule has 1 aliphatic rings. The van der Waals surface area contributed by atoms with Gasteiger partial charge in [0, 0.05) is 52.4 Å². The zero-order valence-corrected chi connectivity index (χ0v) is 23.4. The van der Waals surface area contributed by atoms with Crippen molar-refractivity contribution in [1.82, 2.24) is 9.90 Å². The van der Waals surface area contributed by atoms with E-state index in [1.807, 2.05) is 12.1 Å². The number of benzene rings is 3. The highest BCUT2D eigenvalue weighted by Crippen LogP contribution is 2.19. The molecule has 0 saturated carbocycles. The Bertz CT molecular complexity index is 1660. The van der Waals surface area contributed by atoms with Crippen molar-refractivity contribution in [3.63, 3.8) is 0 Å². The maximum atomic E-state index is 12.9. The van der Waals surface area contributed by atoms with Crippen molar-refractivity contribution in [2.75, 3.05) is 36.5 Å². The van der Waals surface area contributed by atoms with Gasteiger partial charge in [0.1, 0.15) is 5.15 Å². The summed E-state index contributed by atoms with van der Waals surface area (Å²) in [6, 6.07) is 23.3. The predicted octanol–water partition coefficient (Wildman–Crippen LogP) is 5.81. The molecule has 0 unspecified atom stereocenters. The molecule has 11 heteroatoms. The first-order valence-corrected chi connectivity index (χ1v) is 13.5. The number of pyridine rings is 1. The summed E-state index contributed by atoms with van der Waals surface area (Å²) in [5.74, 6) is -1.03. The van der Waals surface area contributed by atoms with Crippen molar-refractivity contribution in [2.24, 2.45) is 10.2 Å². The van der Waals surface area contributed by atoms with Crippen LogP contribution in [0.2, 0.25) is 5.15 Å². The van der Waals surface area contributed by atoms with Gasteiger partial charge < -0.3 is 15.0 Å². The van der Waals surface area contributed by atoms with E-state index in [9.17, 15) is 14.4 Å². The van der Waals surface area contributed by atoms with Gasteiger partial charge in [0.05, 0.1) is 13.2 Å². The van der Waals surface area contributed by atoms with E-state index in [1.165, 1.54) is 6.07 Å². The lowest BCUT2D eigenvalue weighted by Crippen LogP contribution is -2.36. The number of carbonyl (C=O) groups is 3. The van der Waals surface area contributed by atoms with Crippen molar-refractivity contribution in [3.05, 3.63) is 118 Å². The third kappa shape index (κ3) is 7.18. The molecule has 0 spiro atoms. The van der Waals surface area contributed by atoms with Crippen molar-refractivity contribution in [1.29, 1.82) is 0 Å². The molecule has 1 fully saturated rings. The lowest BCUT2D eigenvalue weighted by Gasteiger charge is -2.28. The average Bonchev–Trinajstić information content (AvgIpc) is 3.01. The van der Waals surface area contributed by atoms with E-state index in [0.717, 1.165) is 18.8 Å². The van der Waals surface area contributed by atoms with E-state index >= 15 is 0 Å². The average molecular weight is 582 g/mol. The number of hydrogen-bond donors (Lipinski definition) is 1. The van der Waals surface area contributed by atoms with Crippen LogP contribution in [0.1, 0.15) is 42.3 Å². The number of halogens is 1. The first kappa shape index (κ1) is 28.5. The van der Waals surface area contributed by atoms with E-state index < -0.39 is 5.91 Å². The number of nitrogens with one attached hydrogen (secondary N) is 1. The normalized spacial score (nSPS) is 12.7. The number of hydrogen-bond acceptors (Lipinski definition) is 7. The van der Waals surface area contributed by atoms with Crippen LogP contribution in [0.3, 0.4) is 0 Å². The number of carbonyl (C=O) groups excluding carboxylic acids is 3. The number of nitrogens with zero attached hydrogens (tertiary/aromatic N) is 5. The summed E-state index contributed by atoms with van der Waals surface area (Å²) >= 11 is 5.94. The Balaban J connectivity index is 1.17. The van der Waals surface area contributed by atoms with Crippen LogP contribution in [-0.2, 0) is 4.74 Å². The number of aryl methyl sites for hydroxylation is 1. The molecule has 5 rings (SSSR count). The summed E-state index contributed by atoms with van der Waals surface area (Å²) in [6.07, 6.45) is 0. The van der Waals surface area contributed by atoms with Crippen LogP contribution in [0.4, 0.5) is 17.1 Å². The van der Waals surface area contributed by atoms with Gasteiger partial charge in [0.25, 0.3) is 5.91 Å². The molecule has 0 atom stereocenters. The van der Waals surface area contributed by atoms with E-state index in [-0.39, 0.29) is 16.8 Å². The van der Waals surface area contributed by atoms with Crippen LogP contribution in [0.5, 0.6) is 0 Å². The molecule has 0 bridgehead atoms. The van der Waals surface area contributed by atoms with E-state index in [0.29, 0.717) is 52.5 Å². The third-order valence-corrected chi connectivity index (χ3v) is 6.70. The molecule has 3 aromatic carbocycles. The van der Waals surface area contributed by atoms with E-state index in [4.69, 9.17) is 16.3 Å². The Hall–Kier alpha value is -5.02. The van der Waals surface area contributed by atoms with Gasteiger partial charge in [-0.15, -0.1) is 0 Å². The Kier molecular flexibility index (Phi) is 8.89. The van der Waals surface area contributed by atoms with Crippen LogP contribution in [-0.4, -0.2) is 48.9 Å². The van der Waals surface area contributed by atoms with Crippen LogP contribution >= 0.6 is 11.6 Å². The number of morpholine rings is 1. The standard InChI is InChI=1S/C31H25ClN6O4/c1-20-18-24(19-28(32)33-20)30(40)34-25-8-2-21(3-9-25)29(39)22-4-10-26(11-5-22)35-37-36-31(41)23-6-12-27(13-7-23)38-14-16-42-17-15-38/h2-13,18-19H,14-17H2,1H3/p+1. The van der Waals surface area contributed by atoms with Gasteiger partial charge in [-0.25, -0.2) is 4.98 Å². The molecule has 1 saturated heterocycles. The fraction of sp³-hybridized carbons (Fsp3) is 0.161. The highest BCUT2D eigenvalue weighted by molar-refractivity contribution is 6.29. The summed E-state index contributed by atoms with van der Waals surface area (Å²) in [5.41, 5.74) is 4.32. The lowest BCUT2D eigenvalue weighted by molar-refractivity contribution is 0.0990. The summed E-state index contributed by atoms with van der Waals surface area (Å²) in [7, 11) is 0. The van der Waals surface area contributed by atoms with Crippen LogP contribution < -0.4 is 15.1 Å². The van der Waals surface area contributed by atoms with Crippen molar-refractivity contribution in [2.45, 2.75) is 6.92 Å². The minimum absolute atomic E-state index is 0.201. The van der Waals surface area contributed by atoms with Gasteiger partial charge in [0.2, 0.25) is 10.0 Å². The lowest BCUT2D eigenvalue weighted by atomic mass is 10.0. The fourth-order valence-electron chi connectivity index (χ4n) is 4.32. The molecule has 210 valence electrons. The zero-order chi connectivity index (χ0) is 29.5. The van der Waals surface area contributed by atoms with Crippen LogP contribution in [0, 0.1) is 6.92 Å². The van der Waals surface area contributed by atoms with Gasteiger partial charge in [-0.05, 0) is 91.9 Å². The largest absolute Gasteiger partial charge is 0.378 e. The minimum Gasteiger partial charge on any atom is -0.378 e. The fourth-order valence-corrected chi connectivity index (χ4v) is 4.57. The SMILES string of the molecule is Cc1cc(C(=O)Nc2ccc(C(=O)c3ccc(N=[N+]=NC(=O)c4ccc(N5CCOCC5)cc4)cc3)cc2)cc(Cl)n1. The van der Waals surface area contributed by atoms with Crippen molar-refractivity contribution in [3.8, 4) is 0 Å². The Morgan fingerprint density at radius 1 is 0.857 bits per heavy atom. The Labute approximate surface area is 246 Å². The summed E-state index contributed by atoms with van der Waals surface area (Å²) in [4.78, 5) is 47.8. The van der Waals surface area contributed by atoms with Gasteiger partial charge in [-0.2, -0.15) is 0 Å². The molecule has 4 aromatic rings. The molecular weight excluding hydrogens is 556 g/mol. The number of aromatic nitrogens is 1. The van der Waals surface area contributed by atoms with Gasteiger partial charge in [0.15, 0.2) is 16.6 Å². The number of ketones is 1. The summed E-state index contributed by atoms with van der Waals surface area (Å²) in [5, 5.41) is 10.7. The summed E-state index contributed by atoms with van der Waals surface area (Å²) in [6.45, 7) is 4.74. The molecule has 1 N–H and O–H groups in total. The van der Waals surface area contributed by atoms with Gasteiger partial charge >= 0.3 is 5.91 Å². The second kappa shape index (κ2) is 13.1. The molecule has 0 radical (unpaired) electrons. The smallest absolute Gasteiger partial charge is 0.360 e. The topological polar surface area (TPSA) is 127 Å². The van der Waals surface area contributed by atoms with Gasteiger partial charge in [-0.3, -0.25) is 14.4 Å². The maximum absolute atomic E-state index is 12.9. The third-order valence-electron chi connectivity index (χ3n) is 6.51. The number of anilines is 2. The Morgan fingerprint density at radius 3 is 2.12 bits per heavy atom. The molecule has 2 amide bonds. The highest BCUT2D eigenvalue weighted by Gasteiger charge is 2.15. The quantitative estimate of drug-likeness (QED) is 0.127. The molecule has 1 aromatic heterocycles. The molecular formula is C31H26ClN6O4+. The summed E-state index contributed by atoms with van der Waals surface area (Å²) < 4.78 is 5.37. The van der Waals surface area contributed by atoms with Crippen LogP contribution in [0.15, 0.2) is 95.2 Å². The molecule has 1 aliphatic heterocycles. The monoisotopic (exact) mass is 581 g/mol. The van der Waals surface area contributed by atoms with E-state index in [1.54, 1.807) is 73.7 Å². The van der Waals surface area contributed by atoms with Crippen molar-refractivity contribution >= 4 is 46.3 Å². The first-order valence-electron chi connectivity index (χ1n) is 13.1. The zero-order valence-electron chi connectivity index (χ0n) is 22.7. The van der Waals surface area contributed by atoms with E-state index in [2.05, 4.69) is 30.3 Å². The second-order valence-corrected chi connectivity index (χ2v) is 9.86. The Morgan fingerprint density at radius 2 is 1.48 bits per heavy atom. The number of amides is 2. The minimum atomic E-state index is -0.501. The molecule has 0 aliphatic carbocycles. The number of rotatable bonds is 7. The maximum Gasteiger partial charge on any atom is 0.360 e.